The van der Waals surface area contributed by atoms with Crippen molar-refractivity contribution in [2.75, 3.05) is 0 Å². The lowest BCUT2D eigenvalue weighted by Gasteiger charge is -2.16. The highest BCUT2D eigenvalue weighted by atomic mass is 32.1. The molecule has 0 unspecified atom stereocenters. The Morgan fingerprint density at radius 1 is 1.39 bits per heavy atom. The molecule has 4 heteroatoms. The molecule has 0 aliphatic heterocycles. The smallest absolute Gasteiger partial charge is 0.126 e. The van der Waals surface area contributed by atoms with Crippen LogP contribution < -0.4 is 4.72 Å². The van der Waals surface area contributed by atoms with Crippen LogP contribution in [0.25, 0.3) is 0 Å². The van der Waals surface area contributed by atoms with Gasteiger partial charge in [-0.2, -0.15) is 0 Å². The molecule has 18 heavy (non-hydrogen) atoms. The Balaban J connectivity index is 3.17. The Labute approximate surface area is 113 Å². The highest BCUT2D eigenvalue weighted by Crippen LogP contribution is 2.18. The molecule has 0 spiro atoms. The van der Waals surface area contributed by atoms with Gasteiger partial charge in [-0.15, -0.1) is 0 Å². The third kappa shape index (κ3) is 3.13. The van der Waals surface area contributed by atoms with Gasteiger partial charge in [-0.3, -0.25) is 5.41 Å². The third-order valence-corrected chi connectivity index (χ3v) is 3.16. The van der Waals surface area contributed by atoms with Gasteiger partial charge in [0.1, 0.15) is 5.82 Å². The summed E-state index contributed by atoms with van der Waals surface area (Å²) in [6.07, 6.45) is 0. The number of halogens is 1. The minimum atomic E-state index is -0.246. The van der Waals surface area contributed by atoms with E-state index < -0.39 is 0 Å². The van der Waals surface area contributed by atoms with E-state index >= 15 is 0 Å². The first-order valence-electron chi connectivity index (χ1n) is 5.84. The van der Waals surface area contributed by atoms with E-state index in [1.165, 1.54) is 6.07 Å². The average molecular weight is 266 g/mol. The average Bonchev–Trinajstić information content (AvgIpc) is 2.32. The molecule has 1 aromatic rings. The van der Waals surface area contributed by atoms with Gasteiger partial charge in [-0.25, -0.2) is 4.39 Å². The van der Waals surface area contributed by atoms with Crippen LogP contribution in [0.1, 0.15) is 31.9 Å². The van der Waals surface area contributed by atoms with E-state index in [0.29, 0.717) is 16.8 Å². The molecule has 0 heterocycles. The fourth-order valence-corrected chi connectivity index (χ4v) is 2.22. The minimum Gasteiger partial charge on any atom is -0.335 e. The summed E-state index contributed by atoms with van der Waals surface area (Å²) in [5.74, 6) is 0.00832. The molecule has 0 saturated heterocycles. The van der Waals surface area contributed by atoms with Gasteiger partial charge in [0, 0.05) is 11.3 Å². The first kappa shape index (κ1) is 14.8. The molecule has 0 atom stereocenters. The third-order valence-electron chi connectivity index (χ3n) is 2.92. The van der Waals surface area contributed by atoms with Crippen LogP contribution in [0.3, 0.4) is 0 Å². The molecular weight excluding hydrogens is 247 g/mol. The van der Waals surface area contributed by atoms with Gasteiger partial charge in [0.25, 0.3) is 0 Å². The van der Waals surface area contributed by atoms with Crippen LogP contribution in [-0.2, 0) is 0 Å². The molecule has 98 valence electrons. The van der Waals surface area contributed by atoms with Crippen molar-refractivity contribution in [3.8, 4) is 0 Å². The van der Waals surface area contributed by atoms with Gasteiger partial charge in [0.05, 0.1) is 5.71 Å². The summed E-state index contributed by atoms with van der Waals surface area (Å²) in [7, 11) is 0. The Kier molecular flexibility index (Phi) is 4.96. The van der Waals surface area contributed by atoms with Crippen molar-refractivity contribution in [2.24, 2.45) is 5.92 Å². The molecule has 0 aromatic heterocycles. The number of benzene rings is 1. The maximum atomic E-state index is 13.2. The highest BCUT2D eigenvalue weighted by molar-refractivity contribution is 7.78. The van der Waals surface area contributed by atoms with E-state index in [4.69, 9.17) is 5.41 Å². The van der Waals surface area contributed by atoms with E-state index in [0.717, 1.165) is 11.3 Å². The second-order valence-corrected chi connectivity index (χ2v) is 4.87. The summed E-state index contributed by atoms with van der Waals surface area (Å²) < 4.78 is 16.0. The zero-order valence-electron chi connectivity index (χ0n) is 11.1. The maximum Gasteiger partial charge on any atom is 0.126 e. The molecule has 0 radical (unpaired) electrons. The summed E-state index contributed by atoms with van der Waals surface area (Å²) in [6.45, 7) is 7.64. The lowest BCUT2D eigenvalue weighted by Crippen LogP contribution is -2.14. The number of aryl methyl sites for hydroxylation is 1. The number of hydrogen-bond donors (Lipinski definition) is 3. The van der Waals surface area contributed by atoms with E-state index in [1.54, 1.807) is 19.1 Å². The Morgan fingerprint density at radius 2 is 2.00 bits per heavy atom. The number of hydrogen-bond acceptors (Lipinski definition) is 3. The summed E-state index contributed by atoms with van der Waals surface area (Å²) in [5.41, 5.74) is 3.39. The van der Waals surface area contributed by atoms with Crippen molar-refractivity contribution in [3.05, 3.63) is 46.4 Å². The molecule has 0 aliphatic carbocycles. The molecule has 0 bridgehead atoms. The predicted octanol–water partition coefficient (Wildman–Crippen LogP) is 3.87. The molecular formula is C14H19FN2S. The maximum absolute atomic E-state index is 13.2. The van der Waals surface area contributed by atoms with Gasteiger partial charge in [0.2, 0.25) is 0 Å². The van der Waals surface area contributed by atoms with Crippen LogP contribution in [0.2, 0.25) is 0 Å². The lowest BCUT2D eigenvalue weighted by atomic mass is 9.97. The zero-order valence-corrected chi connectivity index (χ0v) is 12.0. The quantitative estimate of drug-likeness (QED) is 0.561. The zero-order chi connectivity index (χ0) is 13.9. The van der Waals surface area contributed by atoms with Gasteiger partial charge < -0.3 is 4.72 Å². The predicted molar refractivity (Wildman–Crippen MR) is 77.6 cm³/mol. The highest BCUT2D eigenvalue weighted by Gasteiger charge is 2.12. The molecule has 0 amide bonds. The lowest BCUT2D eigenvalue weighted by molar-refractivity contribution is 0.618. The summed E-state index contributed by atoms with van der Waals surface area (Å²) in [5, 5.41) is 8.18. The fourth-order valence-electron chi connectivity index (χ4n) is 1.80. The monoisotopic (exact) mass is 266 g/mol. The van der Waals surface area contributed by atoms with E-state index in [-0.39, 0.29) is 11.7 Å². The Morgan fingerprint density at radius 3 is 2.44 bits per heavy atom. The van der Waals surface area contributed by atoms with Gasteiger partial charge in [-0.05, 0) is 49.1 Å². The number of nitrogens with one attached hydrogen (secondary N) is 2. The molecule has 2 nitrogen and oxygen atoms in total. The van der Waals surface area contributed by atoms with Gasteiger partial charge >= 0.3 is 0 Å². The van der Waals surface area contributed by atoms with Crippen LogP contribution in [0.15, 0.2) is 29.5 Å². The first-order chi connectivity index (χ1) is 8.38. The van der Waals surface area contributed by atoms with E-state index in [9.17, 15) is 4.39 Å². The summed E-state index contributed by atoms with van der Waals surface area (Å²) in [4.78, 5) is 0. The second kappa shape index (κ2) is 6.05. The number of rotatable bonds is 4. The molecule has 1 aromatic carbocycles. The van der Waals surface area contributed by atoms with Crippen molar-refractivity contribution in [1.29, 1.82) is 5.41 Å². The molecule has 0 saturated carbocycles. The molecule has 2 N–H and O–H groups in total. The van der Waals surface area contributed by atoms with Crippen LogP contribution in [0, 0.1) is 24.1 Å². The second-order valence-electron chi connectivity index (χ2n) is 4.64. The van der Waals surface area contributed by atoms with Crippen molar-refractivity contribution in [3.63, 3.8) is 0 Å². The SMILES string of the molecule is C/C(C(=N)c1ccc(F)c(C)c1)=C(/NS)C(C)C. The van der Waals surface area contributed by atoms with Crippen molar-refractivity contribution < 1.29 is 4.39 Å². The Hall–Kier alpha value is -1.29. The number of thiol groups is 1. The normalized spacial score (nSPS) is 12.4. The van der Waals surface area contributed by atoms with Crippen LogP contribution in [0.4, 0.5) is 4.39 Å². The van der Waals surface area contributed by atoms with Crippen LogP contribution in [0.5, 0.6) is 0 Å². The topological polar surface area (TPSA) is 35.9 Å². The number of allylic oxidation sites excluding steroid dienone is 2. The Bertz CT molecular complexity index is 493. The van der Waals surface area contributed by atoms with E-state index in [1.807, 2.05) is 20.8 Å². The van der Waals surface area contributed by atoms with Crippen molar-refractivity contribution in [1.82, 2.24) is 4.72 Å². The van der Waals surface area contributed by atoms with Gasteiger partial charge in [-0.1, -0.05) is 26.7 Å². The van der Waals surface area contributed by atoms with Crippen molar-refractivity contribution in [2.45, 2.75) is 27.7 Å². The molecule has 0 fully saturated rings. The fraction of sp³-hybridized carbons (Fsp3) is 0.357. The summed E-state index contributed by atoms with van der Waals surface area (Å²) in [6, 6.07) is 4.72. The van der Waals surface area contributed by atoms with Gasteiger partial charge in [0.15, 0.2) is 0 Å². The first-order valence-corrected chi connectivity index (χ1v) is 6.29. The van der Waals surface area contributed by atoms with Crippen LogP contribution in [-0.4, -0.2) is 5.71 Å². The largest absolute Gasteiger partial charge is 0.335 e. The standard InChI is InChI=1S/C14H19FN2S/c1-8(2)14(17-18)10(4)13(16)11-5-6-12(15)9(3)7-11/h5-8,16-18H,1-4H3/b14-10-,16-13?. The minimum absolute atomic E-state index is 0.246. The van der Waals surface area contributed by atoms with E-state index in [2.05, 4.69) is 17.5 Å². The molecule has 1 rings (SSSR count). The summed E-state index contributed by atoms with van der Waals surface area (Å²) >= 11 is 4.07. The molecule has 0 aliphatic rings. The van der Waals surface area contributed by atoms with Crippen LogP contribution >= 0.6 is 12.8 Å². The van der Waals surface area contributed by atoms with Crippen molar-refractivity contribution >= 4 is 18.5 Å².